The fourth-order valence-electron chi connectivity index (χ4n) is 11.3. The second-order valence-electron chi connectivity index (χ2n) is 24.6. The van der Waals surface area contributed by atoms with Crippen molar-refractivity contribution in [3.05, 3.63) is 24.3 Å². The Morgan fingerprint density at radius 1 is 0.346 bits per heavy atom. The van der Waals surface area contributed by atoms with Gasteiger partial charge in [-0.15, -0.1) is 0 Å². The topological polar surface area (TPSA) is 95.9 Å². The second-order valence-corrected chi connectivity index (χ2v) is 24.6. The second kappa shape index (κ2) is 67.8. The van der Waals surface area contributed by atoms with Crippen molar-refractivity contribution in [3.63, 3.8) is 0 Å². The van der Waals surface area contributed by atoms with Crippen LogP contribution in [-0.4, -0.2) is 47.4 Å². The van der Waals surface area contributed by atoms with Crippen LogP contribution in [0.3, 0.4) is 0 Å². The minimum absolute atomic E-state index is 0.00599. The highest BCUT2D eigenvalue weighted by atomic mass is 16.5. The van der Waals surface area contributed by atoms with Gasteiger partial charge in [0.25, 0.3) is 0 Å². The molecule has 6 heteroatoms. The third-order valence-corrected chi connectivity index (χ3v) is 16.7. The molecule has 0 aromatic carbocycles. The van der Waals surface area contributed by atoms with Gasteiger partial charge in [0.05, 0.1) is 25.4 Å². The molecule has 0 rings (SSSR count). The molecule has 2 atom stereocenters. The van der Waals surface area contributed by atoms with Gasteiger partial charge < -0.3 is 20.3 Å². The van der Waals surface area contributed by atoms with Crippen molar-refractivity contribution in [1.82, 2.24) is 5.32 Å². The van der Waals surface area contributed by atoms with Crippen LogP contribution in [0.1, 0.15) is 399 Å². The van der Waals surface area contributed by atoms with Crippen molar-refractivity contribution in [2.75, 3.05) is 13.2 Å². The van der Waals surface area contributed by atoms with Crippen molar-refractivity contribution in [2.45, 2.75) is 411 Å². The molecule has 0 aliphatic rings. The van der Waals surface area contributed by atoms with Gasteiger partial charge in [-0.2, -0.15) is 0 Å². The number of hydrogen-bond acceptors (Lipinski definition) is 5. The predicted molar refractivity (Wildman–Crippen MR) is 343 cm³/mol. The lowest BCUT2D eigenvalue weighted by molar-refractivity contribution is -0.143. The summed E-state index contributed by atoms with van der Waals surface area (Å²) in [5, 5.41) is 23.4. The average molecular weight is 1100 g/mol. The summed E-state index contributed by atoms with van der Waals surface area (Å²) in [6.45, 7) is 4.95. The number of aliphatic hydroxyl groups excluding tert-OH is 2. The summed E-state index contributed by atoms with van der Waals surface area (Å²) < 4.78 is 5.47. The van der Waals surface area contributed by atoms with Crippen molar-refractivity contribution in [2.24, 2.45) is 0 Å². The highest BCUT2D eigenvalue weighted by Crippen LogP contribution is 2.19. The molecule has 1 amide bonds. The number of ether oxygens (including phenoxy) is 1. The molecule has 6 nitrogen and oxygen atoms in total. The molecule has 0 saturated carbocycles. The number of amides is 1. The Morgan fingerprint density at radius 2 is 0.615 bits per heavy atom. The van der Waals surface area contributed by atoms with E-state index >= 15 is 0 Å². The highest BCUT2D eigenvalue weighted by Gasteiger charge is 2.20. The Kier molecular flexibility index (Phi) is 66.4. The number of hydrogen-bond donors (Lipinski definition) is 3. The van der Waals surface area contributed by atoms with Gasteiger partial charge in [-0.1, -0.05) is 340 Å². The zero-order valence-electron chi connectivity index (χ0n) is 52.9. The van der Waals surface area contributed by atoms with Crippen molar-refractivity contribution in [1.29, 1.82) is 0 Å². The Balaban J connectivity index is 3.38. The minimum Gasteiger partial charge on any atom is -0.466 e. The maximum atomic E-state index is 12.5. The first-order valence-electron chi connectivity index (χ1n) is 35.6. The molecule has 0 aliphatic heterocycles. The van der Waals surface area contributed by atoms with E-state index in [4.69, 9.17) is 4.74 Å². The fraction of sp³-hybridized carbons (Fsp3) is 0.917. The van der Waals surface area contributed by atoms with Crippen LogP contribution in [0, 0.1) is 0 Å². The Hall–Kier alpha value is -1.66. The van der Waals surface area contributed by atoms with E-state index in [0.717, 1.165) is 44.9 Å². The van der Waals surface area contributed by atoms with Crippen LogP contribution in [0.2, 0.25) is 0 Å². The van der Waals surface area contributed by atoms with Crippen LogP contribution in [0.5, 0.6) is 0 Å². The van der Waals surface area contributed by atoms with Gasteiger partial charge in [-0.05, 0) is 70.6 Å². The van der Waals surface area contributed by atoms with E-state index in [1.165, 1.54) is 321 Å². The zero-order valence-corrected chi connectivity index (χ0v) is 52.9. The van der Waals surface area contributed by atoms with Gasteiger partial charge in [0.2, 0.25) is 5.91 Å². The van der Waals surface area contributed by atoms with E-state index in [1.54, 1.807) is 0 Å². The molecule has 0 fully saturated rings. The third kappa shape index (κ3) is 63.5. The predicted octanol–water partition coefficient (Wildman–Crippen LogP) is 22.9. The van der Waals surface area contributed by atoms with Gasteiger partial charge >= 0.3 is 5.97 Å². The number of rotatable bonds is 67. The molecule has 78 heavy (non-hydrogen) atoms. The van der Waals surface area contributed by atoms with Crippen LogP contribution in [-0.2, 0) is 14.3 Å². The van der Waals surface area contributed by atoms with E-state index in [9.17, 15) is 19.8 Å². The molecule has 0 radical (unpaired) electrons. The smallest absolute Gasteiger partial charge is 0.305 e. The molecule has 2 unspecified atom stereocenters. The quantitative estimate of drug-likeness (QED) is 0.0320. The molecule has 0 spiro atoms. The van der Waals surface area contributed by atoms with E-state index in [-0.39, 0.29) is 18.5 Å². The summed E-state index contributed by atoms with van der Waals surface area (Å²) in [5.74, 6) is -0.0237. The summed E-state index contributed by atoms with van der Waals surface area (Å²) in [6, 6.07) is -0.542. The van der Waals surface area contributed by atoms with Crippen molar-refractivity contribution in [3.8, 4) is 0 Å². The molecule has 0 aromatic rings. The minimum atomic E-state index is -0.664. The van der Waals surface area contributed by atoms with Crippen molar-refractivity contribution >= 4 is 11.9 Å². The van der Waals surface area contributed by atoms with Crippen LogP contribution in [0.15, 0.2) is 24.3 Å². The van der Waals surface area contributed by atoms with Crippen LogP contribution < -0.4 is 5.32 Å². The van der Waals surface area contributed by atoms with E-state index in [1.807, 2.05) is 0 Å². The first-order chi connectivity index (χ1) is 38.5. The van der Waals surface area contributed by atoms with Crippen LogP contribution >= 0.6 is 0 Å². The Labute approximate surface area is 488 Å². The van der Waals surface area contributed by atoms with Gasteiger partial charge in [0.1, 0.15) is 0 Å². The molecule has 3 N–H and O–H groups in total. The van der Waals surface area contributed by atoms with Gasteiger partial charge in [-0.3, -0.25) is 9.59 Å². The number of aliphatic hydroxyl groups is 2. The number of carbonyl (C=O) groups excluding carboxylic acids is 2. The summed E-state index contributed by atoms with van der Waals surface area (Å²) >= 11 is 0. The van der Waals surface area contributed by atoms with E-state index < -0.39 is 12.1 Å². The van der Waals surface area contributed by atoms with Crippen LogP contribution in [0.25, 0.3) is 0 Å². The molecular weight excluding hydrogens is 959 g/mol. The molecule has 0 bridgehead atoms. The third-order valence-electron chi connectivity index (χ3n) is 16.7. The molecule has 0 saturated heterocycles. The van der Waals surface area contributed by atoms with E-state index in [2.05, 4.69) is 43.5 Å². The molecular formula is C72H139NO5. The first-order valence-corrected chi connectivity index (χ1v) is 35.6. The summed E-state index contributed by atoms with van der Waals surface area (Å²) in [4.78, 5) is 24.5. The lowest BCUT2D eigenvalue weighted by Gasteiger charge is -2.22. The SMILES string of the molecule is CCCC/C=C\CCCCCCCC(=O)OCCCCCCCCCCCCCC/C=C\CCCCCCCCCCCCCCCC(=O)NC(CO)C(O)CCCCCCCCCCCCCCCCCCCCCCC. The Morgan fingerprint density at radius 3 is 0.949 bits per heavy atom. The van der Waals surface area contributed by atoms with Gasteiger partial charge in [-0.25, -0.2) is 0 Å². The zero-order chi connectivity index (χ0) is 56.4. The van der Waals surface area contributed by atoms with Gasteiger partial charge in [0.15, 0.2) is 0 Å². The first kappa shape index (κ1) is 76.3. The fourth-order valence-corrected chi connectivity index (χ4v) is 11.3. The number of unbranched alkanes of at least 4 members (excludes halogenated alkanes) is 52. The monoisotopic (exact) mass is 1100 g/mol. The van der Waals surface area contributed by atoms with Gasteiger partial charge in [0, 0.05) is 12.8 Å². The van der Waals surface area contributed by atoms with E-state index in [0.29, 0.717) is 25.9 Å². The summed E-state index contributed by atoms with van der Waals surface area (Å²) in [5.41, 5.74) is 0. The standard InChI is InChI=1S/C72H139NO5/c1-3-5-7-9-11-13-15-16-17-18-19-29-32-35-38-41-45-48-52-56-60-64-70(75)69(68-74)73-71(76)65-61-57-53-49-46-42-39-36-33-30-27-25-23-21-20-22-24-26-28-31-34-37-40-43-47-51-55-59-63-67-78-72(77)66-62-58-54-50-44-14-12-10-8-6-4-2/h10,12,20,22,69-70,74-75H,3-9,11,13-19,21,23-68H2,1-2H3,(H,73,76)/b12-10-,22-20-. The normalized spacial score (nSPS) is 12.6. The number of esters is 1. The number of nitrogens with one attached hydrogen (secondary N) is 1. The maximum absolute atomic E-state index is 12.5. The summed E-state index contributed by atoms with van der Waals surface area (Å²) in [7, 11) is 0. The molecule has 0 aromatic heterocycles. The van der Waals surface area contributed by atoms with Crippen molar-refractivity contribution < 1.29 is 24.5 Å². The summed E-state index contributed by atoms with van der Waals surface area (Å²) in [6.07, 6.45) is 85.2. The highest BCUT2D eigenvalue weighted by molar-refractivity contribution is 5.76. The maximum Gasteiger partial charge on any atom is 0.305 e. The number of carbonyl (C=O) groups is 2. The lowest BCUT2D eigenvalue weighted by Crippen LogP contribution is -2.45. The Bertz CT molecular complexity index is 1220. The van der Waals surface area contributed by atoms with Crippen LogP contribution in [0.4, 0.5) is 0 Å². The molecule has 462 valence electrons. The lowest BCUT2D eigenvalue weighted by atomic mass is 10.0. The molecule has 0 heterocycles. The number of allylic oxidation sites excluding steroid dienone is 4. The largest absolute Gasteiger partial charge is 0.466 e. The average Bonchev–Trinajstić information content (AvgIpc) is 3.44. The molecule has 0 aliphatic carbocycles.